The molecule has 1 aliphatic heterocycles. The summed E-state index contributed by atoms with van der Waals surface area (Å²) in [5, 5.41) is 5.01. The van der Waals surface area contributed by atoms with E-state index in [0.29, 0.717) is 41.7 Å². The molecule has 3 aromatic carbocycles. The van der Waals surface area contributed by atoms with Crippen molar-refractivity contribution < 1.29 is 33.4 Å². The lowest BCUT2D eigenvalue weighted by molar-refractivity contribution is -0.122. The molecule has 4 rings (SSSR count). The molecule has 10 nitrogen and oxygen atoms in total. The summed E-state index contributed by atoms with van der Waals surface area (Å²) >= 11 is 0. The SMILES string of the molecule is CCCOc1ccc(N2C(=O)NC(=O)/C(=C\c3ccc(OCC(=O)Nc4ccc(C)c(C)c4)cc3)C2=O)cc1OCC. The van der Waals surface area contributed by atoms with Crippen molar-refractivity contribution in [3.05, 3.63) is 82.9 Å². The molecule has 0 aliphatic carbocycles. The zero-order chi connectivity index (χ0) is 30.2. The van der Waals surface area contributed by atoms with Gasteiger partial charge in [-0.2, -0.15) is 0 Å². The number of hydrogen-bond acceptors (Lipinski definition) is 7. The van der Waals surface area contributed by atoms with Crippen molar-refractivity contribution in [1.29, 1.82) is 0 Å². The van der Waals surface area contributed by atoms with Crippen LogP contribution in [-0.4, -0.2) is 43.6 Å². The smallest absolute Gasteiger partial charge is 0.335 e. The summed E-state index contributed by atoms with van der Waals surface area (Å²) in [6.07, 6.45) is 2.18. The fourth-order valence-corrected chi connectivity index (χ4v) is 4.12. The van der Waals surface area contributed by atoms with Crippen molar-refractivity contribution >= 4 is 41.2 Å². The topological polar surface area (TPSA) is 123 Å². The number of nitrogens with zero attached hydrogens (tertiary/aromatic N) is 1. The number of barbiturate groups is 1. The van der Waals surface area contributed by atoms with Crippen molar-refractivity contribution in [2.75, 3.05) is 30.0 Å². The van der Waals surface area contributed by atoms with Gasteiger partial charge < -0.3 is 19.5 Å². The summed E-state index contributed by atoms with van der Waals surface area (Å²) < 4.78 is 16.9. The highest BCUT2D eigenvalue weighted by Gasteiger charge is 2.37. The average molecular weight is 572 g/mol. The second-order valence-corrected chi connectivity index (χ2v) is 9.58. The zero-order valence-electron chi connectivity index (χ0n) is 24.0. The second-order valence-electron chi connectivity index (χ2n) is 9.58. The van der Waals surface area contributed by atoms with E-state index >= 15 is 0 Å². The van der Waals surface area contributed by atoms with Crippen molar-refractivity contribution in [3.8, 4) is 17.2 Å². The number of hydrogen-bond donors (Lipinski definition) is 2. The van der Waals surface area contributed by atoms with Gasteiger partial charge in [-0.05, 0) is 86.4 Å². The fourth-order valence-electron chi connectivity index (χ4n) is 4.12. The number of urea groups is 1. The Hall–Kier alpha value is -5.12. The van der Waals surface area contributed by atoms with Crippen molar-refractivity contribution in [1.82, 2.24) is 5.32 Å². The van der Waals surface area contributed by atoms with E-state index in [0.717, 1.165) is 22.4 Å². The minimum atomic E-state index is -0.866. The molecular weight excluding hydrogens is 538 g/mol. The summed E-state index contributed by atoms with van der Waals surface area (Å²) in [4.78, 5) is 51.8. The van der Waals surface area contributed by atoms with Crippen LogP contribution in [0.4, 0.5) is 16.2 Å². The van der Waals surface area contributed by atoms with Gasteiger partial charge in [-0.1, -0.05) is 25.1 Å². The number of rotatable bonds is 11. The van der Waals surface area contributed by atoms with Crippen LogP contribution in [0.2, 0.25) is 0 Å². The number of ether oxygens (including phenoxy) is 3. The molecule has 218 valence electrons. The van der Waals surface area contributed by atoms with Crippen LogP contribution in [0, 0.1) is 13.8 Å². The Balaban J connectivity index is 1.45. The van der Waals surface area contributed by atoms with Crippen LogP contribution in [0.5, 0.6) is 17.2 Å². The third-order valence-electron chi connectivity index (χ3n) is 6.40. The van der Waals surface area contributed by atoms with E-state index in [4.69, 9.17) is 14.2 Å². The molecule has 5 amide bonds. The van der Waals surface area contributed by atoms with Gasteiger partial charge in [-0.25, -0.2) is 9.69 Å². The zero-order valence-corrected chi connectivity index (χ0v) is 24.0. The first kappa shape index (κ1) is 29.9. The molecule has 0 atom stereocenters. The first-order chi connectivity index (χ1) is 20.2. The van der Waals surface area contributed by atoms with Gasteiger partial charge in [-0.3, -0.25) is 19.7 Å². The molecule has 2 N–H and O–H groups in total. The molecule has 1 saturated heterocycles. The minimum absolute atomic E-state index is 0.197. The Kier molecular flexibility index (Phi) is 9.59. The average Bonchev–Trinajstić information content (AvgIpc) is 2.96. The lowest BCUT2D eigenvalue weighted by Gasteiger charge is -2.27. The predicted octanol–water partition coefficient (Wildman–Crippen LogP) is 5.17. The van der Waals surface area contributed by atoms with Crippen LogP contribution < -0.4 is 29.7 Å². The van der Waals surface area contributed by atoms with Gasteiger partial charge >= 0.3 is 6.03 Å². The number of imide groups is 2. The number of carbonyl (C=O) groups is 4. The maximum atomic E-state index is 13.3. The van der Waals surface area contributed by atoms with E-state index in [-0.39, 0.29) is 23.8 Å². The number of carbonyl (C=O) groups excluding carboxylic acids is 4. The largest absolute Gasteiger partial charge is 0.490 e. The summed E-state index contributed by atoms with van der Waals surface area (Å²) in [6.45, 7) is 8.39. The van der Waals surface area contributed by atoms with Crippen LogP contribution in [0.3, 0.4) is 0 Å². The molecule has 10 heteroatoms. The van der Waals surface area contributed by atoms with E-state index in [9.17, 15) is 19.2 Å². The maximum Gasteiger partial charge on any atom is 0.335 e. The molecule has 0 aromatic heterocycles. The number of anilines is 2. The van der Waals surface area contributed by atoms with E-state index in [1.807, 2.05) is 45.9 Å². The molecule has 1 aliphatic rings. The highest BCUT2D eigenvalue weighted by Crippen LogP contribution is 2.34. The Bertz CT molecular complexity index is 1530. The van der Waals surface area contributed by atoms with E-state index in [2.05, 4.69) is 10.6 Å². The Labute approximate surface area is 244 Å². The van der Waals surface area contributed by atoms with Gasteiger partial charge in [0.1, 0.15) is 11.3 Å². The molecule has 0 saturated carbocycles. The van der Waals surface area contributed by atoms with E-state index in [1.54, 1.807) is 36.4 Å². The normalized spacial score (nSPS) is 14.0. The van der Waals surface area contributed by atoms with Crippen LogP contribution in [0.1, 0.15) is 37.0 Å². The third kappa shape index (κ3) is 7.14. The van der Waals surface area contributed by atoms with Crippen LogP contribution >= 0.6 is 0 Å². The molecule has 0 radical (unpaired) electrons. The summed E-state index contributed by atoms with van der Waals surface area (Å²) in [6, 6.07) is 16.0. The monoisotopic (exact) mass is 571 g/mol. The van der Waals surface area contributed by atoms with Gasteiger partial charge in [-0.15, -0.1) is 0 Å². The first-order valence-electron chi connectivity index (χ1n) is 13.6. The van der Waals surface area contributed by atoms with Gasteiger partial charge in [0, 0.05) is 11.8 Å². The molecule has 1 heterocycles. The number of nitrogens with one attached hydrogen (secondary N) is 2. The number of benzene rings is 3. The minimum Gasteiger partial charge on any atom is -0.490 e. The Morgan fingerprint density at radius 3 is 2.33 bits per heavy atom. The Morgan fingerprint density at radius 1 is 0.881 bits per heavy atom. The quantitative estimate of drug-likeness (QED) is 0.240. The van der Waals surface area contributed by atoms with Gasteiger partial charge in [0.15, 0.2) is 18.1 Å². The summed E-state index contributed by atoms with van der Waals surface area (Å²) in [5.74, 6) is -0.600. The molecule has 0 unspecified atom stereocenters. The van der Waals surface area contributed by atoms with Crippen molar-refractivity contribution in [2.45, 2.75) is 34.1 Å². The van der Waals surface area contributed by atoms with Crippen LogP contribution in [0.15, 0.2) is 66.2 Å². The van der Waals surface area contributed by atoms with Gasteiger partial charge in [0.05, 0.1) is 18.9 Å². The second kappa shape index (κ2) is 13.5. The first-order valence-corrected chi connectivity index (χ1v) is 13.6. The molecule has 42 heavy (non-hydrogen) atoms. The van der Waals surface area contributed by atoms with Crippen molar-refractivity contribution in [2.24, 2.45) is 0 Å². The summed E-state index contributed by atoms with van der Waals surface area (Å²) in [5.41, 5.74) is 3.42. The number of aryl methyl sites for hydroxylation is 2. The molecule has 0 bridgehead atoms. The molecule has 3 aromatic rings. The third-order valence-corrected chi connectivity index (χ3v) is 6.40. The molecule has 0 spiro atoms. The molecular formula is C32H33N3O7. The standard InChI is InChI=1S/C32H33N3O7/c1-5-15-41-27-14-11-24(18-28(27)40-6-2)35-31(38)26(30(37)34-32(35)39)17-22-8-12-25(13-9-22)42-19-29(36)33-23-10-7-20(3)21(4)16-23/h7-14,16-18H,5-6,15,19H2,1-4H3,(H,33,36)(H,34,37,39)/b26-17+. The van der Waals surface area contributed by atoms with E-state index < -0.39 is 17.8 Å². The van der Waals surface area contributed by atoms with Crippen LogP contribution in [0.25, 0.3) is 6.08 Å². The number of amides is 5. The Morgan fingerprint density at radius 2 is 1.64 bits per heavy atom. The van der Waals surface area contributed by atoms with Gasteiger partial charge in [0.2, 0.25) is 0 Å². The predicted molar refractivity (Wildman–Crippen MR) is 159 cm³/mol. The summed E-state index contributed by atoms with van der Waals surface area (Å²) in [7, 11) is 0. The molecule has 1 fully saturated rings. The lowest BCUT2D eigenvalue weighted by Crippen LogP contribution is -2.54. The maximum absolute atomic E-state index is 13.3. The lowest BCUT2D eigenvalue weighted by atomic mass is 10.1. The fraction of sp³-hybridized carbons (Fsp3) is 0.250. The van der Waals surface area contributed by atoms with Crippen LogP contribution in [-0.2, 0) is 14.4 Å². The highest BCUT2D eigenvalue weighted by molar-refractivity contribution is 6.39. The van der Waals surface area contributed by atoms with Gasteiger partial charge in [0.25, 0.3) is 17.7 Å². The van der Waals surface area contributed by atoms with Crippen molar-refractivity contribution in [3.63, 3.8) is 0 Å². The highest BCUT2D eigenvalue weighted by atomic mass is 16.5. The van der Waals surface area contributed by atoms with E-state index in [1.165, 1.54) is 12.1 Å².